The number of hydrogen-bond donors (Lipinski definition) is 1. The first-order valence-corrected chi connectivity index (χ1v) is 5.62. The zero-order valence-electron chi connectivity index (χ0n) is 9.23. The molecule has 3 nitrogen and oxygen atoms in total. The van der Waals surface area contributed by atoms with Crippen molar-refractivity contribution in [2.75, 3.05) is 19.1 Å². The molecule has 1 amide bonds. The lowest BCUT2D eigenvalue weighted by Gasteiger charge is -2.30. The van der Waals surface area contributed by atoms with Crippen molar-refractivity contribution in [3.8, 4) is 0 Å². The van der Waals surface area contributed by atoms with Gasteiger partial charge in [-0.1, -0.05) is 13.8 Å². The van der Waals surface area contributed by atoms with Gasteiger partial charge in [0.05, 0.1) is 5.54 Å². The van der Waals surface area contributed by atoms with Crippen LogP contribution in [0, 0.1) is 0 Å². The standard InChI is InChI=1S/C10H20ClNO2/c1-4-10(5-2,8-11)12-9(13)7-14-6-3/h4-8H2,1-3H3,(H,12,13). The normalized spacial score (nSPS) is 11.4. The van der Waals surface area contributed by atoms with Gasteiger partial charge in [0.15, 0.2) is 0 Å². The molecule has 0 aromatic heterocycles. The summed E-state index contributed by atoms with van der Waals surface area (Å²) in [5, 5.41) is 2.92. The Hall–Kier alpha value is -0.280. The molecule has 84 valence electrons. The summed E-state index contributed by atoms with van der Waals surface area (Å²) in [7, 11) is 0. The first-order valence-electron chi connectivity index (χ1n) is 5.08. The Morgan fingerprint density at radius 3 is 2.29 bits per heavy atom. The van der Waals surface area contributed by atoms with Crippen LogP contribution in [0.5, 0.6) is 0 Å². The Morgan fingerprint density at radius 1 is 1.36 bits per heavy atom. The number of nitrogens with one attached hydrogen (secondary N) is 1. The average molecular weight is 222 g/mol. The van der Waals surface area contributed by atoms with Gasteiger partial charge in [0, 0.05) is 12.5 Å². The van der Waals surface area contributed by atoms with E-state index in [1.54, 1.807) is 0 Å². The number of amides is 1. The number of rotatable bonds is 7. The number of ether oxygens (including phenoxy) is 1. The van der Waals surface area contributed by atoms with Gasteiger partial charge < -0.3 is 10.1 Å². The predicted molar refractivity (Wildman–Crippen MR) is 58.7 cm³/mol. The fourth-order valence-electron chi connectivity index (χ4n) is 1.18. The second-order valence-corrected chi connectivity index (χ2v) is 3.57. The summed E-state index contributed by atoms with van der Waals surface area (Å²) >= 11 is 5.85. The van der Waals surface area contributed by atoms with Gasteiger partial charge in [0.2, 0.25) is 5.91 Å². The first kappa shape index (κ1) is 13.7. The summed E-state index contributed by atoms with van der Waals surface area (Å²) in [6.45, 7) is 6.58. The molecule has 0 spiro atoms. The van der Waals surface area contributed by atoms with Gasteiger partial charge in [-0.2, -0.15) is 0 Å². The van der Waals surface area contributed by atoms with Gasteiger partial charge in [-0.25, -0.2) is 0 Å². The molecule has 14 heavy (non-hydrogen) atoms. The van der Waals surface area contributed by atoms with E-state index in [1.807, 2.05) is 20.8 Å². The minimum atomic E-state index is -0.268. The Morgan fingerprint density at radius 2 is 1.93 bits per heavy atom. The van der Waals surface area contributed by atoms with Gasteiger partial charge >= 0.3 is 0 Å². The molecule has 0 fully saturated rings. The van der Waals surface area contributed by atoms with Crippen LogP contribution in [0.2, 0.25) is 0 Å². The van der Waals surface area contributed by atoms with Crippen molar-refractivity contribution in [2.24, 2.45) is 0 Å². The van der Waals surface area contributed by atoms with Crippen LogP contribution in [0.4, 0.5) is 0 Å². The molecule has 0 aliphatic rings. The van der Waals surface area contributed by atoms with E-state index in [4.69, 9.17) is 16.3 Å². The van der Waals surface area contributed by atoms with E-state index in [0.717, 1.165) is 12.8 Å². The minimum Gasteiger partial charge on any atom is -0.372 e. The van der Waals surface area contributed by atoms with Crippen LogP contribution in [0.1, 0.15) is 33.6 Å². The zero-order chi connectivity index (χ0) is 11.0. The topological polar surface area (TPSA) is 38.3 Å². The number of carbonyl (C=O) groups is 1. The molecule has 0 aliphatic carbocycles. The summed E-state index contributed by atoms with van der Waals surface area (Å²) in [6, 6.07) is 0. The third-order valence-corrected chi connectivity index (χ3v) is 2.96. The molecule has 0 aromatic rings. The number of halogens is 1. The van der Waals surface area contributed by atoms with Crippen molar-refractivity contribution < 1.29 is 9.53 Å². The molecule has 0 rings (SSSR count). The van der Waals surface area contributed by atoms with Crippen LogP contribution >= 0.6 is 11.6 Å². The Balaban J connectivity index is 4.08. The van der Waals surface area contributed by atoms with Crippen LogP contribution in [-0.2, 0) is 9.53 Å². The van der Waals surface area contributed by atoms with Crippen molar-refractivity contribution in [1.82, 2.24) is 5.32 Å². The molecule has 4 heteroatoms. The predicted octanol–water partition coefficient (Wildman–Crippen LogP) is 1.94. The van der Waals surface area contributed by atoms with Gasteiger partial charge in [-0.05, 0) is 19.8 Å². The van der Waals surface area contributed by atoms with Gasteiger partial charge in [0.1, 0.15) is 6.61 Å². The zero-order valence-corrected chi connectivity index (χ0v) is 9.99. The van der Waals surface area contributed by atoms with Gasteiger partial charge in [-0.15, -0.1) is 11.6 Å². The third-order valence-electron chi connectivity index (χ3n) is 2.45. The van der Waals surface area contributed by atoms with E-state index in [-0.39, 0.29) is 18.1 Å². The Labute approximate surface area is 91.2 Å². The molecule has 0 saturated heterocycles. The maximum Gasteiger partial charge on any atom is 0.246 e. The number of hydrogen-bond acceptors (Lipinski definition) is 2. The summed E-state index contributed by atoms with van der Waals surface area (Å²) in [4.78, 5) is 11.4. The Kier molecular flexibility index (Phi) is 6.93. The van der Waals surface area contributed by atoms with Crippen molar-refractivity contribution >= 4 is 17.5 Å². The Bertz CT molecular complexity index is 161. The van der Waals surface area contributed by atoms with Crippen molar-refractivity contribution in [3.63, 3.8) is 0 Å². The minimum absolute atomic E-state index is 0.0869. The molecule has 0 bridgehead atoms. The average Bonchev–Trinajstić information content (AvgIpc) is 2.23. The van der Waals surface area contributed by atoms with Crippen LogP contribution in [0.3, 0.4) is 0 Å². The fourth-order valence-corrected chi connectivity index (χ4v) is 1.62. The third kappa shape index (κ3) is 4.29. The van der Waals surface area contributed by atoms with E-state index in [0.29, 0.717) is 12.5 Å². The second kappa shape index (κ2) is 7.07. The van der Waals surface area contributed by atoms with E-state index in [9.17, 15) is 4.79 Å². The SMILES string of the molecule is CCOCC(=O)NC(CC)(CC)CCl. The lowest BCUT2D eigenvalue weighted by Crippen LogP contribution is -2.50. The van der Waals surface area contributed by atoms with Crippen molar-refractivity contribution in [2.45, 2.75) is 39.2 Å². The highest BCUT2D eigenvalue weighted by atomic mass is 35.5. The highest BCUT2D eigenvalue weighted by Gasteiger charge is 2.26. The monoisotopic (exact) mass is 221 g/mol. The summed E-state index contributed by atoms with van der Waals surface area (Å²) in [6.07, 6.45) is 1.68. The maximum atomic E-state index is 11.4. The molecule has 0 aliphatic heterocycles. The van der Waals surface area contributed by atoms with Crippen LogP contribution in [0.15, 0.2) is 0 Å². The van der Waals surface area contributed by atoms with E-state index in [1.165, 1.54) is 0 Å². The van der Waals surface area contributed by atoms with Crippen LogP contribution < -0.4 is 5.32 Å². The highest BCUT2D eigenvalue weighted by Crippen LogP contribution is 2.16. The summed E-state index contributed by atoms with van der Waals surface area (Å²) in [5.74, 6) is 0.355. The number of alkyl halides is 1. The van der Waals surface area contributed by atoms with E-state index < -0.39 is 0 Å². The molecular weight excluding hydrogens is 202 g/mol. The van der Waals surface area contributed by atoms with Crippen LogP contribution in [-0.4, -0.2) is 30.5 Å². The largest absolute Gasteiger partial charge is 0.372 e. The smallest absolute Gasteiger partial charge is 0.246 e. The lowest BCUT2D eigenvalue weighted by atomic mass is 9.95. The molecule has 0 unspecified atom stereocenters. The molecule has 0 aromatic carbocycles. The van der Waals surface area contributed by atoms with Gasteiger partial charge in [-0.3, -0.25) is 4.79 Å². The summed E-state index contributed by atoms with van der Waals surface area (Å²) < 4.78 is 5.02. The van der Waals surface area contributed by atoms with Gasteiger partial charge in [0.25, 0.3) is 0 Å². The second-order valence-electron chi connectivity index (χ2n) is 3.31. The molecular formula is C10H20ClNO2. The highest BCUT2D eigenvalue weighted by molar-refractivity contribution is 6.18. The van der Waals surface area contributed by atoms with Crippen molar-refractivity contribution in [1.29, 1.82) is 0 Å². The van der Waals surface area contributed by atoms with E-state index in [2.05, 4.69) is 5.32 Å². The maximum absolute atomic E-state index is 11.4. The number of carbonyl (C=O) groups excluding carboxylic acids is 1. The van der Waals surface area contributed by atoms with E-state index >= 15 is 0 Å². The quantitative estimate of drug-likeness (QED) is 0.668. The lowest BCUT2D eigenvalue weighted by molar-refractivity contribution is -0.127. The molecule has 0 atom stereocenters. The fraction of sp³-hybridized carbons (Fsp3) is 0.900. The van der Waals surface area contributed by atoms with Crippen molar-refractivity contribution in [3.05, 3.63) is 0 Å². The van der Waals surface area contributed by atoms with Crippen LogP contribution in [0.25, 0.3) is 0 Å². The first-order chi connectivity index (χ1) is 6.64. The molecule has 0 heterocycles. The molecule has 0 radical (unpaired) electrons. The molecule has 1 N–H and O–H groups in total. The molecule has 0 saturated carbocycles. The summed E-state index contributed by atoms with van der Waals surface area (Å²) in [5.41, 5.74) is -0.268.